The highest BCUT2D eigenvalue weighted by Crippen LogP contribution is 2.08. The maximum Gasteiger partial charge on any atom is 0.271 e. The van der Waals surface area contributed by atoms with Crippen molar-refractivity contribution in [2.24, 2.45) is 0 Å². The van der Waals surface area contributed by atoms with Gasteiger partial charge in [0.05, 0.1) is 11.6 Å². The summed E-state index contributed by atoms with van der Waals surface area (Å²) in [7, 11) is 0. The molecule has 1 amide bonds. The molecule has 1 heterocycles. The standard InChI is InChI=1S/C16H16N2O2S/c1-12-18-15(11-21-12)16(20)17-10-14-7-4-6-13(9-14)5-2-3-8-19/h4,6-7,9,11,19H,3,8,10H2,1H3,(H,17,20). The number of hydrogen-bond donors (Lipinski definition) is 2. The largest absolute Gasteiger partial charge is 0.395 e. The zero-order valence-electron chi connectivity index (χ0n) is 11.7. The molecule has 0 spiro atoms. The van der Waals surface area contributed by atoms with Crippen LogP contribution in [-0.4, -0.2) is 22.6 Å². The van der Waals surface area contributed by atoms with E-state index in [9.17, 15) is 4.79 Å². The Labute approximate surface area is 127 Å². The molecule has 0 atom stereocenters. The van der Waals surface area contributed by atoms with Crippen LogP contribution in [0.4, 0.5) is 0 Å². The molecule has 0 saturated heterocycles. The molecule has 0 aliphatic carbocycles. The molecular weight excluding hydrogens is 284 g/mol. The molecule has 0 saturated carbocycles. The van der Waals surface area contributed by atoms with E-state index in [2.05, 4.69) is 22.1 Å². The maximum absolute atomic E-state index is 11.9. The number of aliphatic hydroxyl groups is 1. The number of carbonyl (C=O) groups excluding carboxylic acids is 1. The number of rotatable bonds is 4. The van der Waals surface area contributed by atoms with Crippen LogP contribution in [0.25, 0.3) is 0 Å². The van der Waals surface area contributed by atoms with Gasteiger partial charge in [-0.15, -0.1) is 11.3 Å². The van der Waals surface area contributed by atoms with E-state index in [0.717, 1.165) is 16.1 Å². The average molecular weight is 300 g/mol. The van der Waals surface area contributed by atoms with Crippen LogP contribution < -0.4 is 5.32 Å². The summed E-state index contributed by atoms with van der Waals surface area (Å²) in [5.74, 6) is 5.68. The second-order valence-electron chi connectivity index (χ2n) is 4.41. The third-order valence-electron chi connectivity index (χ3n) is 2.70. The first-order valence-corrected chi connectivity index (χ1v) is 7.46. The van der Waals surface area contributed by atoms with Gasteiger partial charge in [-0.3, -0.25) is 4.79 Å². The highest BCUT2D eigenvalue weighted by atomic mass is 32.1. The van der Waals surface area contributed by atoms with E-state index in [1.54, 1.807) is 5.38 Å². The number of nitrogens with zero attached hydrogens (tertiary/aromatic N) is 1. The number of nitrogens with one attached hydrogen (secondary N) is 1. The molecule has 2 aromatic rings. The van der Waals surface area contributed by atoms with Crippen LogP contribution in [0.15, 0.2) is 29.6 Å². The van der Waals surface area contributed by atoms with Crippen LogP contribution in [-0.2, 0) is 6.54 Å². The highest BCUT2D eigenvalue weighted by molar-refractivity contribution is 7.09. The molecule has 2 N–H and O–H groups in total. The van der Waals surface area contributed by atoms with Gasteiger partial charge in [0.2, 0.25) is 0 Å². The summed E-state index contributed by atoms with van der Waals surface area (Å²) in [6.07, 6.45) is 0.462. The molecule has 108 valence electrons. The van der Waals surface area contributed by atoms with Crippen molar-refractivity contribution in [3.63, 3.8) is 0 Å². The number of thiazole rings is 1. The molecule has 21 heavy (non-hydrogen) atoms. The van der Waals surface area contributed by atoms with Gasteiger partial charge in [0.15, 0.2) is 0 Å². The summed E-state index contributed by atoms with van der Waals surface area (Å²) in [6, 6.07) is 7.66. The Hall–Kier alpha value is -2.16. The number of aromatic nitrogens is 1. The van der Waals surface area contributed by atoms with Crippen molar-refractivity contribution in [2.75, 3.05) is 6.61 Å². The zero-order valence-corrected chi connectivity index (χ0v) is 12.5. The Morgan fingerprint density at radius 1 is 1.48 bits per heavy atom. The molecule has 5 heteroatoms. The van der Waals surface area contributed by atoms with E-state index < -0.39 is 0 Å². The number of aliphatic hydroxyl groups excluding tert-OH is 1. The normalized spacial score (nSPS) is 9.81. The SMILES string of the molecule is Cc1nc(C(=O)NCc2cccc(C#CCCO)c2)cs1. The fourth-order valence-electron chi connectivity index (χ4n) is 1.72. The van der Waals surface area contributed by atoms with Crippen LogP contribution in [0.5, 0.6) is 0 Å². The topological polar surface area (TPSA) is 62.2 Å². The molecule has 0 unspecified atom stereocenters. The van der Waals surface area contributed by atoms with E-state index >= 15 is 0 Å². The molecule has 1 aromatic carbocycles. The second kappa shape index (κ2) is 7.58. The van der Waals surface area contributed by atoms with E-state index in [1.807, 2.05) is 31.2 Å². The van der Waals surface area contributed by atoms with Crippen LogP contribution in [0.3, 0.4) is 0 Å². The Kier molecular flexibility index (Phi) is 5.50. The van der Waals surface area contributed by atoms with Crippen LogP contribution >= 0.6 is 11.3 Å². The lowest BCUT2D eigenvalue weighted by molar-refractivity contribution is 0.0946. The van der Waals surface area contributed by atoms with Crippen LogP contribution in [0.1, 0.15) is 33.0 Å². The summed E-state index contributed by atoms with van der Waals surface area (Å²) < 4.78 is 0. The number of carbonyl (C=O) groups is 1. The van der Waals surface area contributed by atoms with Gasteiger partial charge < -0.3 is 10.4 Å². The van der Waals surface area contributed by atoms with E-state index in [-0.39, 0.29) is 12.5 Å². The van der Waals surface area contributed by atoms with Gasteiger partial charge in [0.25, 0.3) is 5.91 Å². The maximum atomic E-state index is 11.9. The second-order valence-corrected chi connectivity index (χ2v) is 5.47. The van der Waals surface area contributed by atoms with Crippen molar-refractivity contribution in [1.29, 1.82) is 0 Å². The van der Waals surface area contributed by atoms with Gasteiger partial charge in [-0.25, -0.2) is 4.98 Å². The molecule has 0 aliphatic heterocycles. The minimum absolute atomic E-state index is 0.0653. The summed E-state index contributed by atoms with van der Waals surface area (Å²) in [4.78, 5) is 16.1. The summed E-state index contributed by atoms with van der Waals surface area (Å²) in [5.41, 5.74) is 2.31. The smallest absolute Gasteiger partial charge is 0.271 e. The third kappa shape index (κ3) is 4.71. The van der Waals surface area contributed by atoms with Gasteiger partial charge in [-0.05, 0) is 24.6 Å². The van der Waals surface area contributed by atoms with Crippen LogP contribution in [0, 0.1) is 18.8 Å². The highest BCUT2D eigenvalue weighted by Gasteiger charge is 2.08. The van der Waals surface area contributed by atoms with Crippen molar-refractivity contribution < 1.29 is 9.90 Å². The summed E-state index contributed by atoms with van der Waals surface area (Å²) in [5, 5.41) is 14.2. The Morgan fingerprint density at radius 2 is 2.33 bits per heavy atom. The molecule has 0 radical (unpaired) electrons. The molecular formula is C16H16N2O2S. The number of benzene rings is 1. The van der Waals surface area contributed by atoms with Crippen molar-refractivity contribution in [2.45, 2.75) is 19.9 Å². The monoisotopic (exact) mass is 300 g/mol. The Balaban J connectivity index is 1.96. The Bertz CT molecular complexity index is 683. The average Bonchev–Trinajstić information content (AvgIpc) is 2.92. The molecule has 2 rings (SSSR count). The minimum Gasteiger partial charge on any atom is -0.395 e. The Morgan fingerprint density at radius 3 is 3.05 bits per heavy atom. The molecule has 0 bridgehead atoms. The predicted molar refractivity (Wildman–Crippen MR) is 83.0 cm³/mol. The molecule has 4 nitrogen and oxygen atoms in total. The minimum atomic E-state index is -0.170. The van der Waals surface area contributed by atoms with E-state index in [1.165, 1.54) is 11.3 Å². The quantitative estimate of drug-likeness (QED) is 0.850. The van der Waals surface area contributed by atoms with Gasteiger partial charge in [0.1, 0.15) is 5.69 Å². The van der Waals surface area contributed by atoms with Crippen LogP contribution in [0.2, 0.25) is 0 Å². The third-order valence-corrected chi connectivity index (χ3v) is 3.47. The van der Waals surface area contributed by atoms with Gasteiger partial charge >= 0.3 is 0 Å². The first-order valence-electron chi connectivity index (χ1n) is 6.58. The molecule has 0 fully saturated rings. The van der Waals surface area contributed by atoms with E-state index in [0.29, 0.717) is 18.7 Å². The van der Waals surface area contributed by atoms with Gasteiger partial charge in [0, 0.05) is 23.9 Å². The predicted octanol–water partition coefficient (Wildman–Crippen LogP) is 2.12. The first kappa shape index (κ1) is 15.2. The van der Waals surface area contributed by atoms with Crippen molar-refractivity contribution >= 4 is 17.2 Å². The first-order chi connectivity index (χ1) is 10.2. The van der Waals surface area contributed by atoms with E-state index in [4.69, 9.17) is 5.11 Å². The lowest BCUT2D eigenvalue weighted by Gasteiger charge is -2.04. The lowest BCUT2D eigenvalue weighted by atomic mass is 10.1. The summed E-state index contributed by atoms with van der Waals surface area (Å²) >= 11 is 1.46. The number of aryl methyl sites for hydroxylation is 1. The fraction of sp³-hybridized carbons (Fsp3) is 0.250. The van der Waals surface area contributed by atoms with Gasteiger partial charge in [-0.1, -0.05) is 24.0 Å². The molecule has 0 aliphatic rings. The van der Waals surface area contributed by atoms with Crippen molar-refractivity contribution in [3.05, 3.63) is 51.5 Å². The lowest BCUT2D eigenvalue weighted by Crippen LogP contribution is -2.23. The fourth-order valence-corrected chi connectivity index (χ4v) is 2.31. The van der Waals surface area contributed by atoms with Crippen molar-refractivity contribution in [3.8, 4) is 11.8 Å². The zero-order chi connectivity index (χ0) is 15.1. The summed E-state index contributed by atoms with van der Waals surface area (Å²) in [6.45, 7) is 2.37. The van der Waals surface area contributed by atoms with Gasteiger partial charge in [-0.2, -0.15) is 0 Å². The molecule has 1 aromatic heterocycles. The number of hydrogen-bond acceptors (Lipinski definition) is 4. The number of amides is 1. The van der Waals surface area contributed by atoms with Crippen molar-refractivity contribution in [1.82, 2.24) is 10.3 Å².